The Morgan fingerprint density at radius 1 is 1.31 bits per heavy atom. The first-order valence-corrected chi connectivity index (χ1v) is 4.64. The Morgan fingerprint density at radius 2 is 1.94 bits per heavy atom. The number of carboxylic acid groups (broad SMARTS) is 1. The molecule has 0 unspecified atom stereocenters. The second kappa shape index (κ2) is 5.02. The van der Waals surface area contributed by atoms with Crippen molar-refractivity contribution in [1.29, 1.82) is 0 Å². The van der Waals surface area contributed by atoms with Crippen molar-refractivity contribution in [2.24, 2.45) is 0 Å². The van der Waals surface area contributed by atoms with Crippen molar-refractivity contribution < 1.29 is 25.2 Å². The Kier molecular flexibility index (Phi) is 3.94. The molecule has 6 nitrogen and oxygen atoms in total. The van der Waals surface area contributed by atoms with Crippen molar-refractivity contribution in [2.75, 3.05) is 0 Å². The molecule has 0 saturated heterocycles. The van der Waals surface area contributed by atoms with Crippen molar-refractivity contribution in [2.45, 2.75) is 12.1 Å². The van der Waals surface area contributed by atoms with Gasteiger partial charge in [-0.05, 0) is 29.5 Å². The standard InChI is InChI=1S/C9H10ClNO5/c10-11-7(9(15)16)8(14)4-1-2-5(12)6(13)3-4/h1-3,7-8,11-14H,(H,15,16)/t7-,8+/m0/s1. The quantitative estimate of drug-likeness (QED) is 0.387. The van der Waals surface area contributed by atoms with Crippen LogP contribution in [0.4, 0.5) is 0 Å². The van der Waals surface area contributed by atoms with E-state index in [-0.39, 0.29) is 11.3 Å². The fourth-order valence-corrected chi connectivity index (χ4v) is 1.37. The molecule has 0 fully saturated rings. The van der Waals surface area contributed by atoms with Crippen molar-refractivity contribution in [3.63, 3.8) is 0 Å². The zero-order chi connectivity index (χ0) is 12.3. The van der Waals surface area contributed by atoms with E-state index >= 15 is 0 Å². The van der Waals surface area contributed by atoms with E-state index in [0.29, 0.717) is 0 Å². The number of aromatic hydroxyl groups is 2. The Labute approximate surface area is 95.8 Å². The molecule has 0 spiro atoms. The summed E-state index contributed by atoms with van der Waals surface area (Å²) in [6.45, 7) is 0. The third-order valence-electron chi connectivity index (χ3n) is 2.04. The Balaban J connectivity index is 2.99. The van der Waals surface area contributed by atoms with Gasteiger partial charge in [0.25, 0.3) is 0 Å². The number of hydrogen-bond acceptors (Lipinski definition) is 5. The number of phenolic OH excluding ortho intramolecular Hbond substituents is 2. The molecule has 2 atom stereocenters. The number of carboxylic acids is 1. The predicted octanol–water partition coefficient (Wildman–Crippen LogP) is 0.328. The van der Waals surface area contributed by atoms with Crippen molar-refractivity contribution in [3.8, 4) is 11.5 Å². The molecule has 5 N–H and O–H groups in total. The van der Waals surface area contributed by atoms with Gasteiger partial charge in [0.05, 0.1) is 0 Å². The van der Waals surface area contributed by atoms with Gasteiger partial charge in [0.1, 0.15) is 12.1 Å². The average Bonchev–Trinajstić information content (AvgIpc) is 2.22. The highest BCUT2D eigenvalue weighted by Gasteiger charge is 2.27. The monoisotopic (exact) mass is 247 g/mol. The van der Waals surface area contributed by atoms with E-state index in [9.17, 15) is 15.0 Å². The third-order valence-corrected chi connectivity index (χ3v) is 2.28. The van der Waals surface area contributed by atoms with Crippen LogP contribution in [0.15, 0.2) is 18.2 Å². The zero-order valence-electron chi connectivity index (χ0n) is 7.96. The number of aliphatic carboxylic acids is 1. The molecule has 16 heavy (non-hydrogen) atoms. The Morgan fingerprint density at radius 3 is 2.38 bits per heavy atom. The van der Waals surface area contributed by atoms with Gasteiger partial charge < -0.3 is 20.4 Å². The highest BCUT2D eigenvalue weighted by Crippen LogP contribution is 2.29. The molecule has 0 saturated carbocycles. The molecule has 0 heterocycles. The molecule has 0 aromatic heterocycles. The SMILES string of the molecule is O=C(O)[C@@H](NCl)[C@H](O)c1ccc(O)c(O)c1. The van der Waals surface area contributed by atoms with Crippen LogP contribution in [-0.4, -0.2) is 32.4 Å². The van der Waals surface area contributed by atoms with Gasteiger partial charge >= 0.3 is 5.97 Å². The number of nitrogens with one attached hydrogen (secondary N) is 1. The summed E-state index contributed by atoms with van der Waals surface area (Å²) < 4.78 is 0. The summed E-state index contributed by atoms with van der Waals surface area (Å²) in [5.41, 5.74) is 0.121. The molecule has 0 aliphatic heterocycles. The summed E-state index contributed by atoms with van der Waals surface area (Å²) in [4.78, 5) is 12.6. The first kappa shape index (κ1) is 12.6. The minimum absolute atomic E-state index is 0.121. The van der Waals surface area contributed by atoms with Gasteiger partial charge in [-0.25, -0.2) is 4.84 Å². The first-order chi connectivity index (χ1) is 7.47. The predicted molar refractivity (Wildman–Crippen MR) is 55.1 cm³/mol. The maximum absolute atomic E-state index is 10.7. The van der Waals surface area contributed by atoms with Gasteiger partial charge in [0.2, 0.25) is 0 Å². The van der Waals surface area contributed by atoms with Gasteiger partial charge in [-0.1, -0.05) is 6.07 Å². The van der Waals surface area contributed by atoms with E-state index in [1.54, 1.807) is 0 Å². The summed E-state index contributed by atoms with van der Waals surface area (Å²) in [5, 5.41) is 36.6. The fourth-order valence-electron chi connectivity index (χ4n) is 1.16. The number of aliphatic hydroxyl groups excluding tert-OH is 1. The van der Waals surface area contributed by atoms with E-state index < -0.39 is 23.9 Å². The van der Waals surface area contributed by atoms with Crippen molar-refractivity contribution in [3.05, 3.63) is 23.8 Å². The maximum Gasteiger partial charge on any atom is 0.325 e. The largest absolute Gasteiger partial charge is 0.504 e. The molecule has 1 aromatic rings. The lowest BCUT2D eigenvalue weighted by molar-refractivity contribution is -0.141. The highest BCUT2D eigenvalue weighted by molar-refractivity contribution is 6.14. The minimum Gasteiger partial charge on any atom is -0.504 e. The Hall–Kier alpha value is -1.50. The first-order valence-electron chi connectivity index (χ1n) is 4.26. The molecule has 1 aromatic carbocycles. The third kappa shape index (κ3) is 2.54. The van der Waals surface area contributed by atoms with E-state index in [0.717, 1.165) is 12.1 Å². The molecule has 0 radical (unpaired) electrons. The number of aliphatic hydroxyl groups is 1. The van der Waals surface area contributed by atoms with Crippen LogP contribution >= 0.6 is 11.8 Å². The Bertz CT molecular complexity index is 397. The van der Waals surface area contributed by atoms with Crippen molar-refractivity contribution in [1.82, 2.24) is 4.84 Å². The summed E-state index contributed by atoms with van der Waals surface area (Å²) in [7, 11) is 0. The lowest BCUT2D eigenvalue weighted by Gasteiger charge is -2.17. The molecule has 0 amide bonds. The lowest BCUT2D eigenvalue weighted by Crippen LogP contribution is -2.36. The maximum atomic E-state index is 10.7. The number of rotatable bonds is 4. The van der Waals surface area contributed by atoms with E-state index in [2.05, 4.69) is 0 Å². The number of halogens is 1. The van der Waals surface area contributed by atoms with Crippen LogP contribution in [-0.2, 0) is 4.79 Å². The molecule has 0 bridgehead atoms. The van der Waals surface area contributed by atoms with E-state index in [1.807, 2.05) is 4.84 Å². The second-order valence-corrected chi connectivity index (χ2v) is 3.34. The average molecular weight is 248 g/mol. The van der Waals surface area contributed by atoms with Crippen LogP contribution in [0.3, 0.4) is 0 Å². The van der Waals surface area contributed by atoms with E-state index in [4.69, 9.17) is 22.0 Å². The molecule has 1 rings (SSSR count). The molecular formula is C9H10ClNO5. The second-order valence-electron chi connectivity index (χ2n) is 3.12. The minimum atomic E-state index is -1.44. The smallest absolute Gasteiger partial charge is 0.325 e. The van der Waals surface area contributed by atoms with Crippen LogP contribution in [0.5, 0.6) is 11.5 Å². The molecule has 0 aliphatic carbocycles. The summed E-state index contributed by atoms with van der Waals surface area (Å²) >= 11 is 5.18. The summed E-state index contributed by atoms with van der Waals surface area (Å²) in [6, 6.07) is 2.07. The molecule has 88 valence electrons. The molecular weight excluding hydrogens is 238 g/mol. The number of hydrogen-bond donors (Lipinski definition) is 5. The van der Waals surface area contributed by atoms with Crippen molar-refractivity contribution >= 4 is 17.7 Å². The van der Waals surface area contributed by atoms with Gasteiger partial charge in [0.15, 0.2) is 11.5 Å². The number of benzene rings is 1. The number of carbonyl (C=O) groups is 1. The van der Waals surface area contributed by atoms with Crippen LogP contribution < -0.4 is 4.84 Å². The molecule has 7 heteroatoms. The normalized spacial score (nSPS) is 14.4. The van der Waals surface area contributed by atoms with E-state index in [1.165, 1.54) is 6.07 Å². The van der Waals surface area contributed by atoms with Crippen LogP contribution in [0.1, 0.15) is 11.7 Å². The number of phenols is 2. The van der Waals surface area contributed by atoms with Gasteiger partial charge in [-0.2, -0.15) is 0 Å². The van der Waals surface area contributed by atoms with Gasteiger partial charge in [0, 0.05) is 0 Å². The fraction of sp³-hybridized carbons (Fsp3) is 0.222. The van der Waals surface area contributed by atoms with Crippen LogP contribution in [0.2, 0.25) is 0 Å². The topological polar surface area (TPSA) is 110 Å². The summed E-state index contributed by atoms with van der Waals surface area (Å²) in [5.74, 6) is -2.15. The zero-order valence-corrected chi connectivity index (χ0v) is 8.72. The van der Waals surface area contributed by atoms with Crippen LogP contribution in [0.25, 0.3) is 0 Å². The lowest BCUT2D eigenvalue weighted by atomic mass is 10.0. The summed E-state index contributed by atoms with van der Waals surface area (Å²) in [6.07, 6.45) is -1.44. The highest BCUT2D eigenvalue weighted by atomic mass is 35.5. The van der Waals surface area contributed by atoms with Crippen LogP contribution in [0, 0.1) is 0 Å². The molecule has 0 aliphatic rings. The van der Waals surface area contributed by atoms with Gasteiger partial charge in [-0.3, -0.25) is 4.79 Å². The van der Waals surface area contributed by atoms with Gasteiger partial charge in [-0.15, -0.1) is 0 Å².